The van der Waals surface area contributed by atoms with E-state index in [1.807, 2.05) is 12.1 Å². The number of rotatable bonds is 7. The molecule has 0 aliphatic heterocycles. The number of para-hydroxylation sites is 1. The molecule has 1 nitrogen and oxygen atoms in total. The molecule has 8 rings (SSSR count). The Labute approximate surface area is 446 Å². The molecule has 27 heteroatoms. The van der Waals surface area contributed by atoms with Gasteiger partial charge in [0.1, 0.15) is 6.15 Å². The Kier molecular flexibility index (Phi) is 16.3. The minimum atomic E-state index is -6.13. The average molecular weight is 1190 g/mol. The first-order chi connectivity index (χ1) is 37.1. The zero-order chi connectivity index (χ0) is 60.3. The molecule has 0 saturated carbocycles. The molecule has 0 saturated heterocycles. The standard InChI is InChI=1S/C32H12BF24.C22H17NS/c34-25(35,36)13-1-14(26(37,38)39)6-21(5-13)33(22-7-15(27(40,41)42)2-16(8-22)28(43,44)45,23-9-17(29(46,47)48)3-18(10-23)30(49,50)51)24-11-19(31(52,53)54)4-20(12-24)32(55,56)57;24-22-13-7-5-11-19(22)21-15-14-18-10-4-6-12-20(18)23(21)16-17-8-2-1-3-9-17/h1-12H;1-15H,16H2/q-1;/p+1. The lowest BCUT2D eigenvalue weighted by Crippen LogP contribution is -2.75. The van der Waals surface area contributed by atoms with Crippen molar-refractivity contribution in [3.05, 3.63) is 214 Å². The van der Waals surface area contributed by atoms with Gasteiger partial charge in [-0.25, -0.2) is 0 Å². The highest BCUT2D eigenvalue weighted by Gasteiger charge is 2.47. The first-order valence-corrected chi connectivity index (χ1v) is 23.1. The Morgan fingerprint density at radius 3 is 0.901 bits per heavy atom. The Bertz CT molecular complexity index is 3150. The van der Waals surface area contributed by atoms with Crippen molar-refractivity contribution in [2.45, 2.75) is 60.9 Å². The summed E-state index contributed by atoms with van der Waals surface area (Å²) < 4.78 is 343. The predicted octanol–water partition coefficient (Wildman–Crippen LogP) is 16.3. The smallest absolute Gasteiger partial charge is 0.194 e. The molecular formula is C54H30BF24NS. The molecule has 428 valence electrons. The second-order valence-corrected chi connectivity index (χ2v) is 18.6. The molecule has 0 fully saturated rings. The van der Waals surface area contributed by atoms with Gasteiger partial charge in [0, 0.05) is 28.0 Å². The van der Waals surface area contributed by atoms with E-state index in [0.717, 1.165) is 17.0 Å². The van der Waals surface area contributed by atoms with E-state index in [-0.39, 0.29) is 0 Å². The van der Waals surface area contributed by atoms with Crippen LogP contribution in [0.2, 0.25) is 0 Å². The van der Waals surface area contributed by atoms with Crippen LogP contribution in [-0.2, 0) is 56.0 Å². The van der Waals surface area contributed by atoms with Gasteiger partial charge in [-0.3, -0.25) is 0 Å². The molecule has 8 aromatic rings. The van der Waals surface area contributed by atoms with Gasteiger partial charge in [0.05, 0.1) is 50.1 Å². The van der Waals surface area contributed by atoms with Gasteiger partial charge in [0.2, 0.25) is 11.2 Å². The van der Waals surface area contributed by atoms with E-state index in [1.165, 1.54) is 22.2 Å². The highest BCUT2D eigenvalue weighted by Crippen LogP contribution is 2.42. The second-order valence-electron chi connectivity index (χ2n) is 18.1. The minimum absolute atomic E-state index is 0.691. The summed E-state index contributed by atoms with van der Waals surface area (Å²) in [4.78, 5) is 0.995. The molecule has 0 atom stereocenters. The molecular weight excluding hydrogens is 1160 g/mol. The highest BCUT2D eigenvalue weighted by atomic mass is 32.1. The Morgan fingerprint density at radius 2 is 0.593 bits per heavy atom. The van der Waals surface area contributed by atoms with Gasteiger partial charge >= 0.3 is 49.4 Å². The monoisotopic (exact) mass is 1190 g/mol. The van der Waals surface area contributed by atoms with E-state index < -0.39 is 195 Å². The summed E-state index contributed by atoms with van der Waals surface area (Å²) in [5, 5.41) is 1.24. The zero-order valence-electron chi connectivity index (χ0n) is 39.8. The van der Waals surface area contributed by atoms with Crippen molar-refractivity contribution < 1.29 is 110 Å². The third-order valence-electron chi connectivity index (χ3n) is 12.7. The fraction of sp³-hybridized carbons (Fsp3) is 0.167. The normalized spacial score (nSPS) is 13.3. The molecule has 0 radical (unpaired) electrons. The van der Waals surface area contributed by atoms with E-state index in [9.17, 15) is 105 Å². The van der Waals surface area contributed by atoms with Gasteiger partial charge in [-0.2, -0.15) is 132 Å². The summed E-state index contributed by atoms with van der Waals surface area (Å²) in [6.45, 7) is 0.833. The second kappa shape index (κ2) is 21.5. The average Bonchev–Trinajstić information content (AvgIpc) is 3.38. The SMILES string of the molecule is FC(F)(F)c1cc([B-](c2cc(C(F)(F)F)cc(C(F)(F)F)c2)(c2cc(C(F)(F)F)cc(C(F)(F)F)c2)c2cc(C(F)(F)F)cc(C(F)(F)F)c2)cc(C(F)(F)F)c1.Sc1ccccc1-c1ccc2ccccc2[n+]1Cc1ccccc1. The molecule has 0 bridgehead atoms. The Hall–Kier alpha value is -7.32. The first kappa shape index (κ1) is 61.3. The molecule has 0 spiro atoms. The van der Waals surface area contributed by atoms with Crippen LogP contribution in [0.4, 0.5) is 105 Å². The largest absolute Gasteiger partial charge is 0.416 e. The number of fused-ring (bicyclic) bond motifs is 1. The predicted molar refractivity (Wildman–Crippen MR) is 252 cm³/mol. The van der Waals surface area contributed by atoms with Crippen molar-refractivity contribution in [2.24, 2.45) is 0 Å². The number of halogens is 24. The quantitative estimate of drug-likeness (QED) is 0.0702. The van der Waals surface area contributed by atoms with Crippen LogP contribution in [-0.4, -0.2) is 6.15 Å². The lowest BCUT2D eigenvalue weighted by atomic mass is 9.12. The van der Waals surface area contributed by atoms with Crippen LogP contribution in [0.25, 0.3) is 22.2 Å². The van der Waals surface area contributed by atoms with E-state index in [4.69, 9.17) is 0 Å². The van der Waals surface area contributed by atoms with E-state index >= 15 is 0 Å². The first-order valence-electron chi connectivity index (χ1n) is 22.7. The van der Waals surface area contributed by atoms with E-state index in [0.29, 0.717) is 0 Å². The molecule has 7 aromatic carbocycles. The van der Waals surface area contributed by atoms with Crippen molar-refractivity contribution in [1.29, 1.82) is 0 Å². The van der Waals surface area contributed by atoms with E-state index in [2.05, 4.69) is 96.1 Å². The van der Waals surface area contributed by atoms with Gasteiger partial charge in [0.15, 0.2) is 6.54 Å². The number of hydrogen-bond donors (Lipinski definition) is 1. The van der Waals surface area contributed by atoms with Crippen molar-refractivity contribution in [3.63, 3.8) is 0 Å². The van der Waals surface area contributed by atoms with E-state index in [1.54, 1.807) is 0 Å². The lowest BCUT2D eigenvalue weighted by molar-refractivity contribution is -0.651. The molecule has 0 amide bonds. The summed E-state index contributed by atoms with van der Waals surface area (Å²) in [6.07, 6.45) is -54.8. The van der Waals surface area contributed by atoms with Crippen LogP contribution < -0.4 is 26.4 Å². The van der Waals surface area contributed by atoms with Gasteiger partial charge in [0.25, 0.3) is 0 Å². The maximum atomic E-state index is 14.2. The number of pyridine rings is 1. The van der Waals surface area contributed by atoms with Crippen LogP contribution in [0.5, 0.6) is 0 Å². The number of alkyl halides is 24. The van der Waals surface area contributed by atoms with Gasteiger partial charge in [-0.05, 0) is 48.5 Å². The molecule has 1 aromatic heterocycles. The summed E-state index contributed by atoms with van der Waals surface area (Å²) in [6, 6.07) is 22.9. The summed E-state index contributed by atoms with van der Waals surface area (Å²) in [7, 11) is 0. The van der Waals surface area contributed by atoms with Crippen LogP contribution in [0.1, 0.15) is 50.1 Å². The van der Waals surface area contributed by atoms with Crippen molar-refractivity contribution in [2.75, 3.05) is 0 Å². The Morgan fingerprint density at radius 1 is 0.309 bits per heavy atom. The maximum absolute atomic E-state index is 14.2. The summed E-state index contributed by atoms with van der Waals surface area (Å²) >= 11 is 4.66. The third kappa shape index (κ3) is 13.6. The Balaban J connectivity index is 0.000000323. The molecule has 0 N–H and O–H groups in total. The van der Waals surface area contributed by atoms with Gasteiger partial charge in [-0.15, -0.1) is 12.6 Å². The van der Waals surface area contributed by atoms with Crippen LogP contribution in [0.15, 0.2) is 169 Å². The fourth-order valence-corrected chi connectivity index (χ4v) is 9.47. The minimum Gasteiger partial charge on any atom is -0.194 e. The lowest BCUT2D eigenvalue weighted by Gasteiger charge is -2.46. The number of benzene rings is 7. The highest BCUT2D eigenvalue weighted by molar-refractivity contribution is 7.80. The zero-order valence-corrected chi connectivity index (χ0v) is 40.7. The number of thiol groups is 1. The van der Waals surface area contributed by atoms with Crippen LogP contribution in [0, 0.1) is 0 Å². The number of nitrogens with zero attached hydrogens (tertiary/aromatic N) is 1. The van der Waals surface area contributed by atoms with Crippen molar-refractivity contribution in [3.8, 4) is 11.3 Å². The van der Waals surface area contributed by atoms with Crippen LogP contribution >= 0.6 is 12.6 Å². The molecule has 81 heavy (non-hydrogen) atoms. The summed E-state index contributed by atoms with van der Waals surface area (Å²) in [5.74, 6) is 0. The topological polar surface area (TPSA) is 3.88 Å². The van der Waals surface area contributed by atoms with Gasteiger partial charge < -0.3 is 0 Å². The molecule has 0 aliphatic rings. The van der Waals surface area contributed by atoms with Gasteiger partial charge in [-0.1, -0.05) is 103 Å². The molecule has 0 aliphatic carbocycles. The van der Waals surface area contributed by atoms with Crippen LogP contribution in [0.3, 0.4) is 0 Å². The number of aromatic nitrogens is 1. The third-order valence-corrected chi connectivity index (χ3v) is 13.1. The fourth-order valence-electron chi connectivity index (χ4n) is 9.20. The number of hydrogen-bond acceptors (Lipinski definition) is 1. The summed E-state index contributed by atoms with van der Waals surface area (Å²) in [5.41, 5.74) is -25.3. The van der Waals surface area contributed by atoms with Crippen molar-refractivity contribution >= 4 is 51.5 Å². The molecule has 0 unspecified atom stereocenters. The molecule has 1 heterocycles. The van der Waals surface area contributed by atoms with Crippen molar-refractivity contribution in [1.82, 2.24) is 0 Å². The maximum Gasteiger partial charge on any atom is 0.416 e.